The van der Waals surface area contributed by atoms with E-state index in [4.69, 9.17) is 11.5 Å². The number of nitrogens with one attached hydrogen (secondary N) is 3. The maximum atomic E-state index is 12.8. The zero-order chi connectivity index (χ0) is 24.2. The van der Waals surface area contributed by atoms with Crippen LogP contribution in [0.1, 0.15) is 72.6 Å². The number of aliphatic imine (C=N–C) groups is 2. The summed E-state index contributed by atoms with van der Waals surface area (Å²) < 4.78 is 0. The molecule has 1 heterocycles. The molecule has 184 valence electrons. The molecule has 32 heavy (non-hydrogen) atoms. The van der Waals surface area contributed by atoms with Gasteiger partial charge in [-0.05, 0) is 30.1 Å². The van der Waals surface area contributed by atoms with Crippen LogP contribution in [0.15, 0.2) is 9.98 Å². The van der Waals surface area contributed by atoms with Crippen molar-refractivity contribution in [2.24, 2.45) is 32.3 Å². The highest BCUT2D eigenvalue weighted by atomic mass is 16.2. The molecular weight excluding hydrogens is 408 g/mol. The zero-order valence-corrected chi connectivity index (χ0v) is 20.6. The molecule has 10 heteroatoms. The van der Waals surface area contributed by atoms with Crippen molar-refractivity contribution in [2.75, 3.05) is 33.2 Å². The highest BCUT2D eigenvalue weighted by molar-refractivity contribution is 5.95. The van der Waals surface area contributed by atoms with E-state index in [2.05, 4.69) is 53.6 Å². The predicted molar refractivity (Wildman–Crippen MR) is 131 cm³/mol. The molecule has 0 saturated heterocycles. The quantitative estimate of drug-likeness (QED) is 0.310. The summed E-state index contributed by atoms with van der Waals surface area (Å²) in [6.45, 7) is 11.0. The Morgan fingerprint density at radius 2 is 1.75 bits per heavy atom. The molecule has 0 aromatic carbocycles. The number of hydrogen-bond acceptors (Lipinski definition) is 5. The van der Waals surface area contributed by atoms with Crippen LogP contribution in [0.2, 0.25) is 0 Å². The van der Waals surface area contributed by atoms with Gasteiger partial charge < -0.3 is 21.7 Å². The lowest BCUT2D eigenvalue weighted by Gasteiger charge is -2.42. The summed E-state index contributed by atoms with van der Waals surface area (Å²) in [7, 11) is 1.52. The first-order valence-electron chi connectivity index (χ1n) is 11.6. The lowest BCUT2D eigenvalue weighted by molar-refractivity contribution is 0.0938. The summed E-state index contributed by atoms with van der Waals surface area (Å²) in [4.78, 5) is 34.6. The summed E-state index contributed by atoms with van der Waals surface area (Å²) in [5.41, 5.74) is 11.3. The fourth-order valence-electron chi connectivity index (χ4n) is 3.33. The van der Waals surface area contributed by atoms with E-state index in [0.29, 0.717) is 26.2 Å². The number of guanidine groups is 2. The van der Waals surface area contributed by atoms with Gasteiger partial charge in [-0.25, -0.2) is 9.59 Å². The molecule has 0 aromatic rings. The van der Waals surface area contributed by atoms with E-state index in [0.717, 1.165) is 32.1 Å². The van der Waals surface area contributed by atoms with Gasteiger partial charge in [-0.1, -0.05) is 53.4 Å². The zero-order valence-electron chi connectivity index (χ0n) is 20.6. The molecule has 10 nitrogen and oxygen atoms in total. The molecule has 7 N–H and O–H groups in total. The van der Waals surface area contributed by atoms with E-state index < -0.39 is 6.03 Å². The third-order valence-electron chi connectivity index (χ3n) is 6.59. The Morgan fingerprint density at radius 3 is 2.41 bits per heavy atom. The largest absolute Gasteiger partial charge is 0.370 e. The summed E-state index contributed by atoms with van der Waals surface area (Å²) in [6.07, 6.45) is 7.37. The van der Waals surface area contributed by atoms with Crippen molar-refractivity contribution in [2.45, 2.75) is 72.6 Å². The Morgan fingerprint density at radius 1 is 1.12 bits per heavy atom. The van der Waals surface area contributed by atoms with Crippen molar-refractivity contribution >= 4 is 24.0 Å². The van der Waals surface area contributed by atoms with Gasteiger partial charge in [0.25, 0.3) is 0 Å². The van der Waals surface area contributed by atoms with Crippen molar-refractivity contribution in [1.29, 1.82) is 0 Å². The number of rotatable bonds is 6. The van der Waals surface area contributed by atoms with Gasteiger partial charge in [0.05, 0.1) is 0 Å². The Hall–Kier alpha value is -2.52. The third-order valence-corrected chi connectivity index (χ3v) is 6.59. The average molecular weight is 453 g/mol. The Balaban J connectivity index is 2.78. The van der Waals surface area contributed by atoms with Crippen LogP contribution in [0.4, 0.5) is 9.59 Å². The molecular formula is C22H44N8O2. The van der Waals surface area contributed by atoms with Crippen LogP contribution >= 0.6 is 0 Å². The van der Waals surface area contributed by atoms with Crippen LogP contribution in [0.3, 0.4) is 0 Å². The van der Waals surface area contributed by atoms with Crippen LogP contribution in [-0.4, -0.2) is 62.1 Å². The number of urea groups is 2. The van der Waals surface area contributed by atoms with E-state index >= 15 is 0 Å². The molecule has 1 aliphatic rings. The highest BCUT2D eigenvalue weighted by Crippen LogP contribution is 2.41. The fourth-order valence-corrected chi connectivity index (χ4v) is 3.33. The first kappa shape index (κ1) is 27.5. The average Bonchev–Trinajstić information content (AvgIpc) is 2.73. The van der Waals surface area contributed by atoms with Gasteiger partial charge >= 0.3 is 12.1 Å². The topological polar surface area (TPSA) is 150 Å². The summed E-state index contributed by atoms with van der Waals surface area (Å²) >= 11 is 0. The van der Waals surface area contributed by atoms with Crippen molar-refractivity contribution in [3.8, 4) is 0 Å². The number of carbonyl (C=O) groups is 2. The lowest BCUT2D eigenvalue weighted by Crippen LogP contribution is -2.48. The molecule has 1 rings (SSSR count). The van der Waals surface area contributed by atoms with Crippen LogP contribution in [0.25, 0.3) is 0 Å². The molecule has 1 aliphatic heterocycles. The van der Waals surface area contributed by atoms with Gasteiger partial charge in [0.2, 0.25) is 0 Å². The molecule has 0 aliphatic carbocycles. The Bertz CT molecular complexity index is 673. The molecule has 0 saturated carbocycles. The minimum absolute atomic E-state index is 0.0846. The number of nitrogens with zero attached hydrogens (tertiary/aromatic N) is 3. The fraction of sp³-hybridized carbons (Fsp3) is 0.818. The van der Waals surface area contributed by atoms with Gasteiger partial charge in [0.15, 0.2) is 11.9 Å². The number of carbonyl (C=O) groups excluding carboxylic acids is 2. The minimum Gasteiger partial charge on any atom is -0.370 e. The molecule has 0 bridgehead atoms. The lowest BCUT2D eigenvalue weighted by atomic mass is 9.66. The summed E-state index contributed by atoms with van der Waals surface area (Å²) in [5, 5.41) is 7.66. The van der Waals surface area contributed by atoms with E-state index in [1.807, 2.05) is 4.90 Å². The van der Waals surface area contributed by atoms with Crippen LogP contribution < -0.4 is 27.4 Å². The molecule has 0 spiro atoms. The number of hydrogen-bond donors (Lipinski definition) is 5. The maximum Gasteiger partial charge on any atom is 0.324 e. The standard InChI is InChI=1S/C22H44N8O2/c1-21(2,22(3,4)16-27-18(24)28-19(31)25-5)12-15-30-14-11-9-7-6-8-10-13-26-17(23)29-20(30)32/h6-16H2,1-5H3,(H3,23,26,29,32)(H4,24,25,27,28,31). The smallest absolute Gasteiger partial charge is 0.324 e. The van der Waals surface area contributed by atoms with Gasteiger partial charge in [-0.3, -0.25) is 20.6 Å². The number of nitrogens with two attached hydrogens (primary N) is 2. The highest BCUT2D eigenvalue weighted by Gasteiger charge is 2.37. The maximum absolute atomic E-state index is 12.8. The molecule has 0 aromatic heterocycles. The first-order valence-corrected chi connectivity index (χ1v) is 11.6. The second-order valence-corrected chi connectivity index (χ2v) is 9.73. The van der Waals surface area contributed by atoms with Gasteiger partial charge in [-0.2, -0.15) is 0 Å². The second kappa shape index (κ2) is 13.1. The van der Waals surface area contributed by atoms with Crippen molar-refractivity contribution in [3.63, 3.8) is 0 Å². The third kappa shape index (κ3) is 9.74. The molecule has 4 amide bonds. The molecule has 0 atom stereocenters. The SMILES string of the molecule is CNC(=O)NC(N)=NCC(C)(C)C(C)(C)CCN1CCCCCCCCN=C(N)NC1=O. The first-order chi connectivity index (χ1) is 15.0. The predicted octanol–water partition coefficient (Wildman–Crippen LogP) is 2.35. The van der Waals surface area contributed by atoms with Crippen molar-refractivity contribution in [3.05, 3.63) is 0 Å². The summed E-state index contributed by atoms with van der Waals surface area (Å²) in [5.74, 6) is 0.272. The van der Waals surface area contributed by atoms with Crippen LogP contribution in [0, 0.1) is 10.8 Å². The Labute approximate surface area is 193 Å². The van der Waals surface area contributed by atoms with Crippen LogP contribution in [0.5, 0.6) is 0 Å². The van der Waals surface area contributed by atoms with Gasteiger partial charge in [0, 0.05) is 33.2 Å². The number of amides is 4. The summed E-state index contributed by atoms with van der Waals surface area (Å²) in [6, 6.07) is -0.598. The van der Waals surface area contributed by atoms with Gasteiger partial charge in [-0.15, -0.1) is 0 Å². The second-order valence-electron chi connectivity index (χ2n) is 9.73. The van der Waals surface area contributed by atoms with E-state index in [1.54, 1.807) is 0 Å². The normalized spacial score (nSPS) is 17.9. The monoisotopic (exact) mass is 452 g/mol. The van der Waals surface area contributed by atoms with Crippen molar-refractivity contribution < 1.29 is 9.59 Å². The minimum atomic E-state index is -0.400. The van der Waals surface area contributed by atoms with Crippen molar-refractivity contribution in [1.82, 2.24) is 20.9 Å². The molecule has 0 unspecified atom stereocenters. The van der Waals surface area contributed by atoms with Crippen LogP contribution in [-0.2, 0) is 0 Å². The molecule has 0 fully saturated rings. The van der Waals surface area contributed by atoms with E-state index in [1.165, 1.54) is 19.9 Å². The van der Waals surface area contributed by atoms with E-state index in [9.17, 15) is 9.59 Å². The molecule has 0 radical (unpaired) electrons. The van der Waals surface area contributed by atoms with E-state index in [-0.39, 0.29) is 28.8 Å². The Kier molecular flexibility index (Phi) is 11.3. The van der Waals surface area contributed by atoms with Gasteiger partial charge in [0.1, 0.15) is 0 Å².